The third-order valence-corrected chi connectivity index (χ3v) is 4.35. The van der Waals surface area contributed by atoms with Gasteiger partial charge in [-0.1, -0.05) is 41.4 Å². The number of nitrogen functional groups attached to an aromatic ring is 1. The Morgan fingerprint density at radius 1 is 1.38 bits per heavy atom. The number of para-hydroxylation sites is 1. The number of carbonyl (C=O) groups excluding carboxylic acids is 1. The van der Waals surface area contributed by atoms with E-state index in [1.165, 1.54) is 0 Å². The van der Waals surface area contributed by atoms with E-state index in [4.69, 9.17) is 28.9 Å². The van der Waals surface area contributed by atoms with Crippen LogP contribution in [0, 0.1) is 0 Å². The van der Waals surface area contributed by atoms with E-state index in [0.29, 0.717) is 27.8 Å². The lowest BCUT2D eigenvalue weighted by Crippen LogP contribution is -2.32. The lowest BCUT2D eigenvalue weighted by molar-refractivity contribution is 0.0931. The van der Waals surface area contributed by atoms with Crippen LogP contribution >= 0.6 is 23.2 Å². The Kier molecular flexibility index (Phi) is 5.44. The smallest absolute Gasteiger partial charge is 0.287 e. The molecule has 3 rings (SSSR count). The van der Waals surface area contributed by atoms with E-state index in [-0.39, 0.29) is 17.8 Å². The molecule has 0 saturated carbocycles. The van der Waals surface area contributed by atoms with E-state index in [9.17, 15) is 4.79 Å². The van der Waals surface area contributed by atoms with Gasteiger partial charge in [0.25, 0.3) is 5.91 Å². The first-order chi connectivity index (χ1) is 12.4. The lowest BCUT2D eigenvalue weighted by atomic mass is 10.2. The number of carbonyl (C=O) groups is 1. The highest BCUT2D eigenvalue weighted by Gasteiger charge is 2.14. The lowest BCUT2D eigenvalue weighted by Gasteiger charge is -2.10. The van der Waals surface area contributed by atoms with Crippen molar-refractivity contribution in [3.8, 4) is 0 Å². The van der Waals surface area contributed by atoms with Gasteiger partial charge in [0.1, 0.15) is 11.3 Å². The number of aromatic amines is 1. The summed E-state index contributed by atoms with van der Waals surface area (Å²) in [5, 5.41) is 3.81. The number of halogens is 2. The molecule has 0 bridgehead atoms. The fraction of sp³-hybridized carbons (Fsp3) is 0.167. The molecule has 1 aromatic carbocycles. The molecule has 0 radical (unpaired) electrons. The normalized spacial score (nSPS) is 12.6. The van der Waals surface area contributed by atoms with Gasteiger partial charge in [-0.2, -0.15) is 0 Å². The minimum atomic E-state index is -0.282. The molecule has 1 amide bonds. The van der Waals surface area contributed by atoms with Crippen molar-refractivity contribution in [3.05, 3.63) is 58.0 Å². The number of fused-ring (bicyclic) bond motifs is 1. The van der Waals surface area contributed by atoms with E-state index in [2.05, 4.69) is 20.3 Å². The number of imidazole rings is 1. The van der Waals surface area contributed by atoms with Crippen molar-refractivity contribution < 1.29 is 4.79 Å². The first-order valence-corrected chi connectivity index (χ1v) is 8.72. The monoisotopic (exact) mass is 389 g/mol. The van der Waals surface area contributed by atoms with Gasteiger partial charge in [-0.15, -0.1) is 0 Å². The van der Waals surface area contributed by atoms with Gasteiger partial charge in [0, 0.05) is 12.2 Å². The van der Waals surface area contributed by atoms with Gasteiger partial charge in [0.2, 0.25) is 0 Å². The summed E-state index contributed by atoms with van der Waals surface area (Å²) in [4.78, 5) is 23.6. The molecule has 134 valence electrons. The van der Waals surface area contributed by atoms with Crippen molar-refractivity contribution in [2.45, 2.75) is 19.4 Å². The van der Waals surface area contributed by atoms with Crippen molar-refractivity contribution >= 4 is 52.0 Å². The maximum Gasteiger partial charge on any atom is 0.287 e. The third-order valence-electron chi connectivity index (χ3n) is 3.75. The summed E-state index contributed by atoms with van der Waals surface area (Å²) in [7, 11) is 0. The first-order valence-electron chi connectivity index (χ1n) is 7.96. The average Bonchev–Trinajstić information content (AvgIpc) is 3.04. The predicted molar refractivity (Wildman–Crippen MR) is 105 cm³/mol. The molecule has 2 aromatic heterocycles. The molecule has 0 fully saturated rings. The van der Waals surface area contributed by atoms with Crippen LogP contribution in [0.25, 0.3) is 17.1 Å². The second-order valence-corrected chi connectivity index (χ2v) is 6.68. The second-order valence-electron chi connectivity index (χ2n) is 5.87. The van der Waals surface area contributed by atoms with Crippen LogP contribution in [0.5, 0.6) is 0 Å². The number of pyridine rings is 1. The van der Waals surface area contributed by atoms with Crippen LogP contribution in [0.4, 0.5) is 5.82 Å². The zero-order chi connectivity index (χ0) is 18.7. The SMILES string of the molecule is C[C@H](C/C=C/c1cnc(N)c(Cl)c1)NC(=O)c1nc2c(Cl)cccc2[nH]1. The van der Waals surface area contributed by atoms with Gasteiger partial charge >= 0.3 is 0 Å². The number of nitrogens with two attached hydrogens (primary N) is 1. The summed E-state index contributed by atoms with van der Waals surface area (Å²) in [5.74, 6) is 0.254. The van der Waals surface area contributed by atoms with Crippen molar-refractivity contribution in [1.82, 2.24) is 20.3 Å². The Bertz CT molecular complexity index is 983. The summed E-state index contributed by atoms with van der Waals surface area (Å²) < 4.78 is 0. The Morgan fingerprint density at radius 3 is 2.92 bits per heavy atom. The molecule has 0 spiro atoms. The van der Waals surface area contributed by atoms with Crippen LogP contribution in [0.15, 0.2) is 36.5 Å². The van der Waals surface area contributed by atoms with Crippen LogP contribution in [0.1, 0.15) is 29.5 Å². The Hall–Kier alpha value is -2.57. The summed E-state index contributed by atoms with van der Waals surface area (Å²) in [6.07, 6.45) is 6.08. The maximum atomic E-state index is 12.3. The van der Waals surface area contributed by atoms with Gasteiger partial charge in [0.15, 0.2) is 5.82 Å². The number of rotatable bonds is 5. The summed E-state index contributed by atoms with van der Waals surface area (Å²) in [5.41, 5.74) is 7.73. The van der Waals surface area contributed by atoms with Crippen LogP contribution < -0.4 is 11.1 Å². The Balaban J connectivity index is 1.60. The number of hydrogen-bond acceptors (Lipinski definition) is 4. The molecule has 2 heterocycles. The number of aromatic nitrogens is 3. The molecule has 26 heavy (non-hydrogen) atoms. The molecular weight excluding hydrogens is 373 g/mol. The molecule has 0 aliphatic heterocycles. The van der Waals surface area contributed by atoms with E-state index in [1.807, 2.05) is 25.1 Å². The topological polar surface area (TPSA) is 96.7 Å². The van der Waals surface area contributed by atoms with E-state index in [1.54, 1.807) is 24.4 Å². The molecule has 3 aromatic rings. The van der Waals surface area contributed by atoms with Gasteiger partial charge in [-0.3, -0.25) is 4.79 Å². The van der Waals surface area contributed by atoms with E-state index in [0.717, 1.165) is 11.1 Å². The van der Waals surface area contributed by atoms with Crippen molar-refractivity contribution in [2.75, 3.05) is 5.73 Å². The largest absolute Gasteiger partial charge is 0.382 e. The van der Waals surface area contributed by atoms with Crippen molar-refractivity contribution in [1.29, 1.82) is 0 Å². The zero-order valence-corrected chi connectivity index (χ0v) is 15.5. The Morgan fingerprint density at radius 2 is 2.19 bits per heavy atom. The molecule has 8 heteroatoms. The fourth-order valence-electron chi connectivity index (χ4n) is 2.42. The van der Waals surface area contributed by atoms with Gasteiger partial charge in [-0.25, -0.2) is 9.97 Å². The molecule has 1 atom stereocenters. The fourth-order valence-corrected chi connectivity index (χ4v) is 2.81. The average molecular weight is 390 g/mol. The van der Waals surface area contributed by atoms with Crippen molar-refractivity contribution in [3.63, 3.8) is 0 Å². The van der Waals surface area contributed by atoms with E-state index < -0.39 is 0 Å². The predicted octanol–water partition coefficient (Wildman–Crippen LogP) is 4.07. The third kappa shape index (κ3) is 4.15. The van der Waals surface area contributed by atoms with Crippen LogP contribution in [0.3, 0.4) is 0 Å². The highest BCUT2D eigenvalue weighted by molar-refractivity contribution is 6.35. The first kappa shape index (κ1) is 18.2. The van der Waals surface area contributed by atoms with Crippen LogP contribution in [-0.4, -0.2) is 26.9 Å². The molecular formula is C18H17Cl2N5O. The molecule has 0 saturated heterocycles. The van der Waals surface area contributed by atoms with Gasteiger partial charge in [-0.05, 0) is 37.1 Å². The maximum absolute atomic E-state index is 12.3. The number of anilines is 1. The summed E-state index contributed by atoms with van der Waals surface area (Å²) in [6.45, 7) is 1.91. The van der Waals surface area contributed by atoms with E-state index >= 15 is 0 Å². The van der Waals surface area contributed by atoms with Crippen LogP contribution in [-0.2, 0) is 0 Å². The molecule has 6 nitrogen and oxygen atoms in total. The number of nitrogens with zero attached hydrogens (tertiary/aromatic N) is 2. The summed E-state index contributed by atoms with van der Waals surface area (Å²) in [6, 6.07) is 7.01. The number of H-pyrrole nitrogens is 1. The molecule has 4 N–H and O–H groups in total. The quantitative estimate of drug-likeness (QED) is 0.612. The number of hydrogen-bond donors (Lipinski definition) is 3. The highest BCUT2D eigenvalue weighted by atomic mass is 35.5. The number of benzene rings is 1. The molecule has 0 aliphatic rings. The molecule has 0 aliphatic carbocycles. The molecule has 0 unspecified atom stereocenters. The second kappa shape index (κ2) is 7.76. The van der Waals surface area contributed by atoms with Crippen LogP contribution in [0.2, 0.25) is 10.0 Å². The van der Waals surface area contributed by atoms with Gasteiger partial charge in [0.05, 0.1) is 15.6 Å². The Labute approximate surface area is 160 Å². The number of nitrogens with one attached hydrogen (secondary N) is 2. The standard InChI is InChI=1S/C18H17Cl2N5O/c1-10(4-2-5-11-8-13(20)16(21)22-9-11)23-18(26)17-24-14-7-3-6-12(19)15(14)25-17/h2-3,5-10H,4H2,1H3,(H2,21,22)(H,23,26)(H,24,25)/b5-2+/t10-/m1/s1. The summed E-state index contributed by atoms with van der Waals surface area (Å²) >= 11 is 12.0. The van der Waals surface area contributed by atoms with Gasteiger partial charge < -0.3 is 16.0 Å². The van der Waals surface area contributed by atoms with Crippen molar-refractivity contribution in [2.24, 2.45) is 0 Å². The minimum absolute atomic E-state index is 0.0837. The highest BCUT2D eigenvalue weighted by Crippen LogP contribution is 2.21. The zero-order valence-electron chi connectivity index (χ0n) is 14.0. The minimum Gasteiger partial charge on any atom is -0.382 e. The number of amides is 1.